The average molecular weight is 329 g/mol. The number of hydrogen-bond donors (Lipinski definition) is 1. The molecule has 0 aliphatic carbocycles. The van der Waals surface area contributed by atoms with E-state index < -0.39 is 0 Å². The highest BCUT2D eigenvalue weighted by Gasteiger charge is 2.23. The van der Waals surface area contributed by atoms with Gasteiger partial charge in [-0.2, -0.15) is 0 Å². The Bertz CT molecular complexity index is 569. The number of likely N-dealkylation sites (N-methyl/N-ethyl adjacent to an activating group) is 1. The number of nitrogens with two attached hydrogens (primary N) is 1. The lowest BCUT2D eigenvalue weighted by Gasteiger charge is -2.31. The minimum atomic E-state index is -0.0182. The molecule has 1 heterocycles. The van der Waals surface area contributed by atoms with Crippen molar-refractivity contribution in [2.75, 3.05) is 7.05 Å². The molecule has 2 rings (SSSR count). The molecule has 0 fully saturated rings. The normalized spacial score (nSPS) is 14.5. The third-order valence-electron chi connectivity index (χ3n) is 3.23. The first kappa shape index (κ1) is 15.8. The second-order valence-corrected chi connectivity index (χ2v) is 7.15. The molecule has 0 spiro atoms. The molecule has 2 unspecified atom stereocenters. The average Bonchev–Trinajstić information content (AvgIpc) is 2.77. The molecule has 0 aliphatic heterocycles. The van der Waals surface area contributed by atoms with E-state index in [1.165, 1.54) is 4.88 Å². The first-order chi connectivity index (χ1) is 9.49. The fraction of sp³-hybridized carbons (Fsp3) is 0.333. The second kappa shape index (κ2) is 6.92. The molecule has 108 valence electrons. The van der Waals surface area contributed by atoms with Gasteiger partial charge in [0.05, 0.1) is 10.4 Å². The summed E-state index contributed by atoms with van der Waals surface area (Å²) in [5.41, 5.74) is 7.24. The molecule has 2 aromatic rings. The molecular weight excluding hydrogens is 311 g/mol. The number of hydrogen-bond acceptors (Lipinski definition) is 3. The maximum atomic E-state index is 6.31. The Hall–Kier alpha value is -0.580. The van der Waals surface area contributed by atoms with E-state index in [4.69, 9.17) is 28.9 Å². The van der Waals surface area contributed by atoms with Crippen LogP contribution in [0.15, 0.2) is 36.4 Å². The third-order valence-corrected chi connectivity index (χ3v) is 4.79. The van der Waals surface area contributed by atoms with Crippen molar-refractivity contribution >= 4 is 34.5 Å². The number of rotatable bonds is 5. The van der Waals surface area contributed by atoms with Crippen LogP contribution in [0, 0.1) is 0 Å². The number of benzene rings is 1. The first-order valence-electron chi connectivity index (χ1n) is 6.43. The monoisotopic (exact) mass is 328 g/mol. The standard InChI is InChI=1S/C15H18Cl2N2S/c1-10(18)15(12-5-3-4-6-13(12)16)19(2)9-11-7-8-14(17)20-11/h3-8,10,15H,9,18H2,1-2H3. The molecule has 0 radical (unpaired) electrons. The van der Waals surface area contributed by atoms with E-state index in [-0.39, 0.29) is 12.1 Å². The van der Waals surface area contributed by atoms with Gasteiger partial charge in [0.1, 0.15) is 0 Å². The Morgan fingerprint density at radius 3 is 2.45 bits per heavy atom. The van der Waals surface area contributed by atoms with Crippen molar-refractivity contribution in [1.82, 2.24) is 4.90 Å². The van der Waals surface area contributed by atoms with E-state index in [0.29, 0.717) is 0 Å². The van der Waals surface area contributed by atoms with Gasteiger partial charge in [0.15, 0.2) is 0 Å². The fourth-order valence-electron chi connectivity index (χ4n) is 2.42. The molecule has 2 nitrogen and oxygen atoms in total. The van der Waals surface area contributed by atoms with E-state index in [9.17, 15) is 0 Å². The maximum Gasteiger partial charge on any atom is 0.0931 e. The molecule has 2 atom stereocenters. The largest absolute Gasteiger partial charge is 0.326 e. The second-order valence-electron chi connectivity index (χ2n) is 4.95. The van der Waals surface area contributed by atoms with Crippen LogP contribution in [0.5, 0.6) is 0 Å². The minimum absolute atomic E-state index is 0.0182. The highest BCUT2D eigenvalue weighted by molar-refractivity contribution is 7.16. The van der Waals surface area contributed by atoms with E-state index in [1.807, 2.05) is 43.3 Å². The van der Waals surface area contributed by atoms with Crippen molar-refractivity contribution in [1.29, 1.82) is 0 Å². The number of halogens is 2. The van der Waals surface area contributed by atoms with Crippen LogP contribution >= 0.6 is 34.5 Å². The van der Waals surface area contributed by atoms with Crippen molar-refractivity contribution in [3.63, 3.8) is 0 Å². The predicted molar refractivity (Wildman–Crippen MR) is 88.6 cm³/mol. The fourth-order valence-corrected chi connectivity index (χ4v) is 3.82. The van der Waals surface area contributed by atoms with Gasteiger partial charge < -0.3 is 5.73 Å². The van der Waals surface area contributed by atoms with Crippen LogP contribution in [0.25, 0.3) is 0 Å². The van der Waals surface area contributed by atoms with Crippen LogP contribution in [0.3, 0.4) is 0 Å². The zero-order chi connectivity index (χ0) is 14.7. The van der Waals surface area contributed by atoms with Crippen molar-refractivity contribution in [2.45, 2.75) is 25.6 Å². The molecule has 0 saturated heterocycles. The molecule has 20 heavy (non-hydrogen) atoms. The lowest BCUT2D eigenvalue weighted by molar-refractivity contribution is 0.213. The topological polar surface area (TPSA) is 29.3 Å². The third kappa shape index (κ3) is 3.74. The summed E-state index contributed by atoms with van der Waals surface area (Å²) in [6.45, 7) is 2.81. The Balaban J connectivity index is 2.22. The lowest BCUT2D eigenvalue weighted by Crippen LogP contribution is -2.37. The van der Waals surface area contributed by atoms with Gasteiger partial charge >= 0.3 is 0 Å². The molecule has 1 aromatic heterocycles. The van der Waals surface area contributed by atoms with Gasteiger partial charge in [-0.15, -0.1) is 11.3 Å². The van der Waals surface area contributed by atoms with Gasteiger partial charge in [-0.3, -0.25) is 4.90 Å². The summed E-state index contributed by atoms with van der Waals surface area (Å²) in [6, 6.07) is 11.9. The number of nitrogens with zero attached hydrogens (tertiary/aromatic N) is 1. The predicted octanol–water partition coefficient (Wildman–Crippen LogP) is 4.58. The van der Waals surface area contributed by atoms with Gasteiger partial charge in [0, 0.05) is 22.5 Å². The van der Waals surface area contributed by atoms with E-state index in [1.54, 1.807) is 11.3 Å². The van der Waals surface area contributed by atoms with Crippen molar-refractivity contribution in [2.24, 2.45) is 5.73 Å². The van der Waals surface area contributed by atoms with E-state index in [2.05, 4.69) is 11.9 Å². The van der Waals surface area contributed by atoms with Gasteiger partial charge in [-0.05, 0) is 37.7 Å². The summed E-state index contributed by atoms with van der Waals surface area (Å²) in [5.74, 6) is 0. The van der Waals surface area contributed by atoms with Gasteiger partial charge in [0.25, 0.3) is 0 Å². The Morgan fingerprint density at radius 1 is 1.20 bits per heavy atom. The molecular formula is C15H18Cl2N2S. The summed E-state index contributed by atoms with van der Waals surface area (Å²) in [6.07, 6.45) is 0. The minimum Gasteiger partial charge on any atom is -0.326 e. The molecule has 2 N–H and O–H groups in total. The van der Waals surface area contributed by atoms with Crippen molar-refractivity contribution in [3.8, 4) is 0 Å². The Kier molecular flexibility index (Phi) is 5.47. The Labute approximate surface area is 134 Å². The lowest BCUT2D eigenvalue weighted by atomic mass is 9.99. The SMILES string of the molecule is CC(N)C(c1ccccc1Cl)N(C)Cc1ccc(Cl)s1. The molecule has 0 aliphatic rings. The van der Waals surface area contributed by atoms with Gasteiger partial charge in [-0.25, -0.2) is 0 Å². The van der Waals surface area contributed by atoms with Crippen LogP contribution in [-0.4, -0.2) is 18.0 Å². The van der Waals surface area contributed by atoms with Crippen LogP contribution in [0.1, 0.15) is 23.4 Å². The highest BCUT2D eigenvalue weighted by atomic mass is 35.5. The smallest absolute Gasteiger partial charge is 0.0931 e. The molecule has 0 bridgehead atoms. The first-order valence-corrected chi connectivity index (χ1v) is 8.00. The van der Waals surface area contributed by atoms with E-state index >= 15 is 0 Å². The maximum absolute atomic E-state index is 6.31. The molecule has 1 aromatic carbocycles. The van der Waals surface area contributed by atoms with Crippen LogP contribution in [0.4, 0.5) is 0 Å². The number of thiophene rings is 1. The molecule has 0 amide bonds. The summed E-state index contributed by atoms with van der Waals surface area (Å²) in [5, 5.41) is 0.755. The summed E-state index contributed by atoms with van der Waals surface area (Å²) in [7, 11) is 2.06. The van der Waals surface area contributed by atoms with Gasteiger partial charge in [0.2, 0.25) is 0 Å². The van der Waals surface area contributed by atoms with Crippen LogP contribution in [0.2, 0.25) is 9.36 Å². The summed E-state index contributed by atoms with van der Waals surface area (Å²) in [4.78, 5) is 3.43. The van der Waals surface area contributed by atoms with Crippen molar-refractivity contribution in [3.05, 3.63) is 56.2 Å². The Morgan fingerprint density at radius 2 is 1.90 bits per heavy atom. The molecule has 0 saturated carbocycles. The summed E-state index contributed by atoms with van der Waals surface area (Å²) < 4.78 is 0.809. The van der Waals surface area contributed by atoms with E-state index in [0.717, 1.165) is 21.5 Å². The quantitative estimate of drug-likeness (QED) is 0.870. The highest BCUT2D eigenvalue weighted by Crippen LogP contribution is 2.31. The van der Waals surface area contributed by atoms with Crippen LogP contribution in [-0.2, 0) is 6.54 Å². The molecule has 5 heteroatoms. The van der Waals surface area contributed by atoms with Crippen molar-refractivity contribution < 1.29 is 0 Å². The zero-order valence-corrected chi connectivity index (χ0v) is 13.8. The zero-order valence-electron chi connectivity index (χ0n) is 11.5. The van der Waals surface area contributed by atoms with Gasteiger partial charge in [-0.1, -0.05) is 41.4 Å². The van der Waals surface area contributed by atoms with Crippen LogP contribution < -0.4 is 5.73 Å². The summed E-state index contributed by atoms with van der Waals surface area (Å²) >= 11 is 13.9.